The van der Waals surface area contributed by atoms with Crippen molar-refractivity contribution in [2.45, 2.75) is 0 Å². The molecule has 0 aromatic rings. The number of rotatable bonds is 0. The molecule has 0 fully saturated rings. The molecule has 2 radical (unpaired) electrons. The molecule has 0 saturated heterocycles. The Kier molecular flexibility index (Phi) is 292. The van der Waals surface area contributed by atoms with E-state index in [0.29, 0.717) is 0 Å². The minimum atomic E-state index is 0. The first-order valence-electron chi connectivity index (χ1n) is 0.272. The van der Waals surface area contributed by atoms with Crippen LogP contribution in [-0.2, 0) is 39.1 Å². The van der Waals surface area contributed by atoms with Crippen LogP contribution in [0.3, 0.4) is 0 Å². The van der Waals surface area contributed by atoms with Crippen LogP contribution in [0.1, 0.15) is 0 Å². The van der Waals surface area contributed by atoms with Gasteiger partial charge in [0.2, 0.25) is 0 Å². The molecule has 6 heteroatoms. The Bertz CT molecular complexity index is 11.5. The molecule has 0 aromatic heterocycles. The molecular weight excluding hydrogens is 164 g/mol. The third-order valence-electron chi connectivity index (χ3n) is 0. The Morgan fingerprint density at radius 1 is 0.667 bits per heavy atom. The van der Waals surface area contributed by atoms with Crippen molar-refractivity contribution in [3.63, 3.8) is 0 Å². The summed E-state index contributed by atoms with van der Waals surface area (Å²) in [7, 11) is 0. The molecule has 0 heterocycles. The van der Waals surface area contributed by atoms with Crippen LogP contribution in [0.25, 0.3) is 0 Å². The SMILES string of the molecule is [Li].[Li].[O]=[Co].[O]=[Co]. The van der Waals surface area contributed by atoms with Crippen LogP contribution in [0.2, 0.25) is 0 Å². The van der Waals surface area contributed by atoms with Crippen molar-refractivity contribution in [3.8, 4) is 0 Å². The van der Waals surface area contributed by atoms with Crippen molar-refractivity contribution < 1.29 is 39.1 Å². The summed E-state index contributed by atoms with van der Waals surface area (Å²) in [5, 5.41) is 0. The topological polar surface area (TPSA) is 34.1 Å². The van der Waals surface area contributed by atoms with Gasteiger partial charge in [0.25, 0.3) is 0 Å². The maximum absolute atomic E-state index is 7.94. The zero-order valence-corrected chi connectivity index (χ0v) is 5.57. The van der Waals surface area contributed by atoms with Gasteiger partial charge in [-0.15, -0.1) is 0 Å². The van der Waals surface area contributed by atoms with Gasteiger partial charge < -0.3 is 0 Å². The summed E-state index contributed by atoms with van der Waals surface area (Å²) in [6.45, 7) is 0. The number of hydrogen-bond donors (Lipinski definition) is 0. The zero-order chi connectivity index (χ0) is 4.00. The predicted octanol–water partition coefficient (Wildman–Crippen LogP) is -1.00. The second kappa shape index (κ2) is 70.3. The van der Waals surface area contributed by atoms with Gasteiger partial charge >= 0.3 is 39.1 Å². The van der Waals surface area contributed by atoms with Crippen LogP contribution < -0.4 is 0 Å². The van der Waals surface area contributed by atoms with Gasteiger partial charge in [-0.25, -0.2) is 0 Å². The van der Waals surface area contributed by atoms with Crippen LogP contribution in [-0.4, -0.2) is 37.7 Å². The third-order valence-corrected chi connectivity index (χ3v) is 0. The van der Waals surface area contributed by atoms with Gasteiger partial charge in [0.05, 0.1) is 0 Å². The van der Waals surface area contributed by atoms with Gasteiger partial charge in [-0.3, -0.25) is 0 Å². The number of hydrogen-bond acceptors (Lipinski definition) is 2. The summed E-state index contributed by atoms with van der Waals surface area (Å²) in [5.74, 6) is 0. The van der Waals surface area contributed by atoms with Gasteiger partial charge in [0.15, 0.2) is 0 Å². The summed E-state index contributed by atoms with van der Waals surface area (Å²) in [5.41, 5.74) is 0. The Morgan fingerprint density at radius 3 is 0.667 bits per heavy atom. The summed E-state index contributed by atoms with van der Waals surface area (Å²) >= 11 is 4.62. The van der Waals surface area contributed by atoms with Crippen LogP contribution in [0.15, 0.2) is 0 Å². The normalized spacial score (nSPS) is 1.67. The molecule has 6 heavy (non-hydrogen) atoms. The third kappa shape index (κ3) is 41.1. The first kappa shape index (κ1) is 25.0. The van der Waals surface area contributed by atoms with Crippen LogP contribution in [0.5, 0.6) is 0 Å². The second-order valence-electron chi connectivity index (χ2n) is 0. The summed E-state index contributed by atoms with van der Waals surface area (Å²) in [6, 6.07) is 0. The molecule has 32 valence electrons. The monoisotopic (exact) mass is 164 g/mol. The Balaban J connectivity index is -0.00000000500. The van der Waals surface area contributed by atoms with Crippen LogP contribution >= 0.6 is 0 Å². The fourth-order valence-corrected chi connectivity index (χ4v) is 0. The van der Waals surface area contributed by atoms with E-state index < -0.39 is 0 Å². The summed E-state index contributed by atoms with van der Waals surface area (Å²) in [6.07, 6.45) is 0. The molecule has 0 aliphatic heterocycles. The Morgan fingerprint density at radius 2 is 0.667 bits per heavy atom. The molecule has 0 amide bonds. The van der Waals surface area contributed by atoms with Gasteiger partial charge in [-0.1, -0.05) is 0 Å². The van der Waals surface area contributed by atoms with E-state index in [1.165, 1.54) is 0 Å². The zero-order valence-electron chi connectivity index (χ0n) is 3.48. The molecule has 0 aliphatic rings. The second-order valence-corrected chi connectivity index (χ2v) is 0. The van der Waals surface area contributed by atoms with Gasteiger partial charge in [0.1, 0.15) is 0 Å². The molecule has 0 N–H and O–H groups in total. The molecule has 0 saturated carbocycles. The van der Waals surface area contributed by atoms with E-state index in [9.17, 15) is 0 Å². The van der Waals surface area contributed by atoms with Gasteiger partial charge in [-0.2, -0.15) is 0 Å². The molecule has 0 bridgehead atoms. The molecule has 0 atom stereocenters. The van der Waals surface area contributed by atoms with E-state index in [-0.39, 0.29) is 37.7 Å². The van der Waals surface area contributed by atoms with Crippen molar-refractivity contribution in [1.82, 2.24) is 0 Å². The average molecular weight is 164 g/mol. The van der Waals surface area contributed by atoms with E-state index in [4.69, 9.17) is 7.73 Å². The summed E-state index contributed by atoms with van der Waals surface area (Å²) < 4.78 is 15.9. The van der Waals surface area contributed by atoms with E-state index in [0.717, 1.165) is 0 Å². The van der Waals surface area contributed by atoms with E-state index in [1.807, 2.05) is 0 Å². The van der Waals surface area contributed by atoms with Crippen LogP contribution in [0.4, 0.5) is 0 Å². The van der Waals surface area contributed by atoms with Gasteiger partial charge in [-0.05, 0) is 0 Å². The first-order chi connectivity index (χ1) is 2.00. The van der Waals surface area contributed by atoms with Crippen molar-refractivity contribution in [2.75, 3.05) is 0 Å². The van der Waals surface area contributed by atoms with Crippen molar-refractivity contribution >= 4 is 37.7 Å². The van der Waals surface area contributed by atoms with E-state index in [2.05, 4.69) is 31.3 Å². The molecule has 0 aromatic carbocycles. The summed E-state index contributed by atoms with van der Waals surface area (Å²) in [4.78, 5) is 0. The predicted molar refractivity (Wildman–Crippen MR) is 12.9 cm³/mol. The molecule has 2 nitrogen and oxygen atoms in total. The van der Waals surface area contributed by atoms with Crippen molar-refractivity contribution in [1.29, 1.82) is 0 Å². The fourth-order valence-electron chi connectivity index (χ4n) is 0. The minimum absolute atomic E-state index is 0. The molecule has 0 unspecified atom stereocenters. The molecule has 0 rings (SSSR count). The van der Waals surface area contributed by atoms with Crippen molar-refractivity contribution in [2.24, 2.45) is 0 Å². The van der Waals surface area contributed by atoms with Gasteiger partial charge in [0, 0.05) is 37.7 Å². The molecule has 0 aliphatic carbocycles. The van der Waals surface area contributed by atoms with E-state index in [1.54, 1.807) is 0 Å². The first-order valence-corrected chi connectivity index (χ1v) is 1.12. The standard InChI is InChI=1S/2Co.2Li.2O. The van der Waals surface area contributed by atoms with Crippen LogP contribution in [0, 0.1) is 0 Å². The Hall–Kier alpha value is 1.81. The molecular formula is Co2Li2O2. The average Bonchev–Trinajstić information content (AvgIpc) is 1.50. The van der Waals surface area contributed by atoms with E-state index >= 15 is 0 Å². The fraction of sp³-hybridized carbons (Fsp3) is 0. The quantitative estimate of drug-likeness (QED) is 0.430. The Labute approximate surface area is 76.1 Å². The molecule has 0 spiro atoms. The van der Waals surface area contributed by atoms with Crippen molar-refractivity contribution in [3.05, 3.63) is 0 Å². The maximum atomic E-state index is 7.94.